The summed E-state index contributed by atoms with van der Waals surface area (Å²) in [7, 11) is 1.79. The molecule has 22 heavy (non-hydrogen) atoms. The van der Waals surface area contributed by atoms with Crippen LogP contribution < -0.4 is 10.6 Å². The van der Waals surface area contributed by atoms with Crippen LogP contribution >= 0.6 is 0 Å². The molecule has 1 heterocycles. The molecule has 2 rings (SSSR count). The van der Waals surface area contributed by atoms with Crippen LogP contribution in [0.2, 0.25) is 0 Å². The quantitative estimate of drug-likeness (QED) is 0.658. The van der Waals surface area contributed by atoms with Gasteiger partial charge in [-0.05, 0) is 43.0 Å². The minimum absolute atomic E-state index is 0.773. The first-order valence-corrected chi connectivity index (χ1v) is 7.58. The fourth-order valence-electron chi connectivity index (χ4n) is 2.33. The summed E-state index contributed by atoms with van der Waals surface area (Å²) in [6, 6.07) is 10.6. The van der Waals surface area contributed by atoms with Gasteiger partial charge in [0, 0.05) is 32.5 Å². The van der Waals surface area contributed by atoms with Crippen molar-refractivity contribution in [3.05, 3.63) is 65.0 Å². The normalized spacial score (nSPS) is 11.3. The number of aliphatic imine (C=N–C) groups is 1. The lowest BCUT2D eigenvalue weighted by atomic mass is 10.1. The average Bonchev–Trinajstić information content (AvgIpc) is 2.52. The number of benzene rings is 1. The molecule has 4 nitrogen and oxygen atoms in total. The lowest BCUT2D eigenvalue weighted by Crippen LogP contribution is -2.37. The van der Waals surface area contributed by atoms with E-state index < -0.39 is 0 Å². The van der Waals surface area contributed by atoms with Crippen molar-refractivity contribution in [1.82, 2.24) is 15.6 Å². The van der Waals surface area contributed by atoms with E-state index >= 15 is 0 Å². The van der Waals surface area contributed by atoms with E-state index in [-0.39, 0.29) is 0 Å². The van der Waals surface area contributed by atoms with Crippen LogP contribution in [0.5, 0.6) is 0 Å². The van der Waals surface area contributed by atoms with Crippen molar-refractivity contribution >= 4 is 5.96 Å². The number of hydrogen-bond donors (Lipinski definition) is 2. The fraction of sp³-hybridized carbons (Fsp3) is 0.333. The molecule has 0 amide bonds. The summed E-state index contributed by atoms with van der Waals surface area (Å²) in [5.41, 5.74) is 5.08. The van der Waals surface area contributed by atoms with Crippen LogP contribution in [0.25, 0.3) is 0 Å². The Bertz CT molecular complexity index is 634. The molecule has 4 heteroatoms. The lowest BCUT2D eigenvalue weighted by Gasteiger charge is -2.13. The number of hydrogen-bond acceptors (Lipinski definition) is 2. The molecular weight excluding hydrogens is 272 g/mol. The third-order valence-electron chi connectivity index (χ3n) is 3.59. The second-order valence-electron chi connectivity index (χ2n) is 5.39. The van der Waals surface area contributed by atoms with E-state index in [1.165, 1.54) is 22.3 Å². The number of nitrogens with one attached hydrogen (secondary N) is 2. The van der Waals surface area contributed by atoms with E-state index in [0.717, 1.165) is 25.5 Å². The third kappa shape index (κ3) is 4.88. The second-order valence-corrected chi connectivity index (χ2v) is 5.39. The Labute approximate surface area is 132 Å². The molecule has 0 aliphatic rings. The smallest absolute Gasteiger partial charge is 0.191 e. The summed E-state index contributed by atoms with van der Waals surface area (Å²) in [6.07, 6.45) is 4.70. The Morgan fingerprint density at radius 3 is 2.77 bits per heavy atom. The lowest BCUT2D eigenvalue weighted by molar-refractivity contribution is 0.791. The van der Waals surface area contributed by atoms with Crippen LogP contribution in [-0.2, 0) is 13.0 Å². The molecule has 116 valence electrons. The van der Waals surface area contributed by atoms with Gasteiger partial charge >= 0.3 is 0 Å². The zero-order chi connectivity index (χ0) is 15.8. The minimum atomic E-state index is 0.773. The highest BCUT2D eigenvalue weighted by atomic mass is 15.2. The van der Waals surface area contributed by atoms with E-state index in [1.807, 2.05) is 12.4 Å². The Kier molecular flexibility index (Phi) is 5.95. The molecule has 0 fully saturated rings. The van der Waals surface area contributed by atoms with Crippen molar-refractivity contribution in [3.8, 4) is 0 Å². The number of rotatable bonds is 5. The fourth-order valence-corrected chi connectivity index (χ4v) is 2.33. The van der Waals surface area contributed by atoms with Gasteiger partial charge in [0.25, 0.3) is 0 Å². The molecule has 0 atom stereocenters. The predicted octanol–water partition coefficient (Wildman–Crippen LogP) is 2.61. The van der Waals surface area contributed by atoms with Crippen molar-refractivity contribution in [2.24, 2.45) is 4.99 Å². The number of aromatic nitrogens is 1. The van der Waals surface area contributed by atoms with Crippen LogP contribution in [-0.4, -0.2) is 24.5 Å². The summed E-state index contributed by atoms with van der Waals surface area (Å²) in [5, 5.41) is 6.69. The van der Waals surface area contributed by atoms with Crippen LogP contribution in [0.1, 0.15) is 22.3 Å². The summed E-state index contributed by atoms with van der Waals surface area (Å²) in [6.45, 7) is 5.81. The molecule has 2 N–H and O–H groups in total. The molecule has 0 aliphatic heterocycles. The molecule has 1 aromatic carbocycles. The largest absolute Gasteiger partial charge is 0.356 e. The third-order valence-corrected chi connectivity index (χ3v) is 3.59. The number of nitrogens with zero attached hydrogens (tertiary/aromatic N) is 2. The van der Waals surface area contributed by atoms with Gasteiger partial charge in [-0.15, -0.1) is 0 Å². The van der Waals surface area contributed by atoms with Gasteiger partial charge in [0.2, 0.25) is 0 Å². The number of pyridine rings is 1. The van der Waals surface area contributed by atoms with Crippen molar-refractivity contribution in [2.75, 3.05) is 13.6 Å². The molecule has 0 saturated heterocycles. The first-order valence-electron chi connectivity index (χ1n) is 7.58. The van der Waals surface area contributed by atoms with E-state index in [9.17, 15) is 0 Å². The topological polar surface area (TPSA) is 49.3 Å². The molecule has 0 radical (unpaired) electrons. The standard InChI is InChI=1S/C18H24N4/c1-14-5-4-6-16(11-14)13-22-18(19-3)21-10-8-17-7-9-20-12-15(17)2/h4-7,9,11-12H,8,10,13H2,1-3H3,(H2,19,21,22). The van der Waals surface area contributed by atoms with E-state index in [0.29, 0.717) is 0 Å². The summed E-state index contributed by atoms with van der Waals surface area (Å²) in [5.74, 6) is 0.827. The van der Waals surface area contributed by atoms with Crippen molar-refractivity contribution in [2.45, 2.75) is 26.8 Å². The van der Waals surface area contributed by atoms with Gasteiger partial charge in [-0.3, -0.25) is 9.98 Å². The van der Waals surface area contributed by atoms with Crippen LogP contribution in [0.15, 0.2) is 47.7 Å². The summed E-state index contributed by atoms with van der Waals surface area (Å²) >= 11 is 0. The molecule has 0 spiro atoms. The van der Waals surface area contributed by atoms with Crippen molar-refractivity contribution < 1.29 is 0 Å². The maximum absolute atomic E-state index is 4.26. The van der Waals surface area contributed by atoms with E-state index in [1.54, 1.807) is 7.05 Å². The second kappa shape index (κ2) is 8.17. The molecular formula is C18H24N4. The SMILES string of the molecule is CN=C(NCCc1ccncc1C)NCc1cccc(C)c1. The first kappa shape index (κ1) is 16.0. The molecule has 2 aromatic rings. The maximum atomic E-state index is 4.26. The Hall–Kier alpha value is -2.36. The maximum Gasteiger partial charge on any atom is 0.191 e. The van der Waals surface area contributed by atoms with Crippen LogP contribution in [0.4, 0.5) is 0 Å². The van der Waals surface area contributed by atoms with Gasteiger partial charge in [-0.2, -0.15) is 0 Å². The molecule has 0 aliphatic carbocycles. The van der Waals surface area contributed by atoms with Gasteiger partial charge in [0.15, 0.2) is 5.96 Å². The minimum Gasteiger partial charge on any atom is -0.356 e. The highest BCUT2D eigenvalue weighted by Crippen LogP contribution is 2.05. The van der Waals surface area contributed by atoms with Crippen LogP contribution in [0.3, 0.4) is 0 Å². The summed E-state index contributed by atoms with van der Waals surface area (Å²) < 4.78 is 0. The number of aryl methyl sites for hydroxylation is 2. The molecule has 1 aromatic heterocycles. The Balaban J connectivity index is 1.79. The van der Waals surface area contributed by atoms with E-state index in [4.69, 9.17) is 0 Å². The van der Waals surface area contributed by atoms with Gasteiger partial charge in [0.05, 0.1) is 0 Å². The van der Waals surface area contributed by atoms with Gasteiger partial charge in [-0.1, -0.05) is 29.8 Å². The van der Waals surface area contributed by atoms with Gasteiger partial charge in [-0.25, -0.2) is 0 Å². The zero-order valence-electron chi connectivity index (χ0n) is 13.6. The average molecular weight is 296 g/mol. The van der Waals surface area contributed by atoms with Crippen LogP contribution in [0, 0.1) is 13.8 Å². The van der Waals surface area contributed by atoms with E-state index in [2.05, 4.69) is 64.8 Å². The zero-order valence-corrected chi connectivity index (χ0v) is 13.6. The first-order chi connectivity index (χ1) is 10.7. The Morgan fingerprint density at radius 1 is 1.18 bits per heavy atom. The summed E-state index contributed by atoms with van der Waals surface area (Å²) in [4.78, 5) is 8.38. The van der Waals surface area contributed by atoms with Gasteiger partial charge in [0.1, 0.15) is 0 Å². The van der Waals surface area contributed by atoms with Crippen molar-refractivity contribution in [3.63, 3.8) is 0 Å². The van der Waals surface area contributed by atoms with Crippen molar-refractivity contribution in [1.29, 1.82) is 0 Å². The molecule has 0 bridgehead atoms. The highest BCUT2D eigenvalue weighted by Gasteiger charge is 2.01. The molecule has 0 unspecified atom stereocenters. The molecule has 0 saturated carbocycles. The highest BCUT2D eigenvalue weighted by molar-refractivity contribution is 5.79. The van der Waals surface area contributed by atoms with Gasteiger partial charge < -0.3 is 10.6 Å². The predicted molar refractivity (Wildman–Crippen MR) is 92.1 cm³/mol. The monoisotopic (exact) mass is 296 g/mol. The Morgan fingerprint density at radius 2 is 2.05 bits per heavy atom. The number of guanidine groups is 1.